The van der Waals surface area contributed by atoms with Crippen LogP contribution < -0.4 is 4.74 Å². The van der Waals surface area contributed by atoms with E-state index >= 15 is 0 Å². The van der Waals surface area contributed by atoms with Gasteiger partial charge in [0.25, 0.3) is 11.7 Å². The van der Waals surface area contributed by atoms with Crippen molar-refractivity contribution in [3.63, 3.8) is 0 Å². The molecule has 0 N–H and O–H groups in total. The van der Waals surface area contributed by atoms with E-state index in [2.05, 4.69) is 0 Å². The Kier molecular flexibility index (Phi) is 5.35. The zero-order valence-corrected chi connectivity index (χ0v) is 16.9. The topological polar surface area (TPSA) is 51.0 Å². The van der Waals surface area contributed by atoms with Crippen LogP contribution >= 0.6 is 0 Å². The zero-order valence-electron chi connectivity index (χ0n) is 16.9. The number of amides is 1. The molecule has 0 atom stereocenters. The zero-order chi connectivity index (χ0) is 21.1. The van der Waals surface area contributed by atoms with Crippen LogP contribution in [0.1, 0.15) is 16.1 Å². The van der Waals surface area contributed by atoms with E-state index in [-0.39, 0.29) is 0 Å². The Hall–Kier alpha value is -3.86. The van der Waals surface area contributed by atoms with Crippen molar-refractivity contribution in [3.05, 3.63) is 96.3 Å². The molecule has 5 nitrogen and oxygen atoms in total. The number of rotatable bonds is 6. The Morgan fingerprint density at radius 3 is 2.33 bits per heavy atom. The van der Waals surface area contributed by atoms with Gasteiger partial charge in [-0.25, -0.2) is 0 Å². The Bertz CT molecular complexity index is 1190. The van der Waals surface area contributed by atoms with Gasteiger partial charge in [-0.1, -0.05) is 48.5 Å². The summed E-state index contributed by atoms with van der Waals surface area (Å²) in [5, 5.41) is 0. The van der Waals surface area contributed by atoms with E-state index < -0.39 is 11.7 Å². The standard InChI is InChI=1S/C25H22N2O3/c1-26(17-18-8-4-3-5-9-18)25(29)24(28)23-22(16-20-10-6-7-15-27(20)23)19-11-13-21(30-2)14-12-19/h3-16H,17H2,1-2H3. The van der Waals surface area contributed by atoms with Gasteiger partial charge in [0, 0.05) is 30.9 Å². The smallest absolute Gasteiger partial charge is 0.296 e. The van der Waals surface area contributed by atoms with Crippen molar-refractivity contribution in [3.8, 4) is 16.9 Å². The van der Waals surface area contributed by atoms with Crippen LogP contribution in [0.4, 0.5) is 0 Å². The number of nitrogens with zero attached hydrogens (tertiary/aromatic N) is 2. The third-order valence-electron chi connectivity index (χ3n) is 5.10. The third-order valence-corrected chi connectivity index (χ3v) is 5.10. The van der Waals surface area contributed by atoms with Gasteiger partial charge in [0.2, 0.25) is 0 Å². The van der Waals surface area contributed by atoms with Crippen molar-refractivity contribution in [2.24, 2.45) is 0 Å². The Morgan fingerprint density at radius 1 is 0.933 bits per heavy atom. The van der Waals surface area contributed by atoms with Gasteiger partial charge in [-0.2, -0.15) is 0 Å². The maximum Gasteiger partial charge on any atom is 0.296 e. The second-order valence-corrected chi connectivity index (χ2v) is 7.11. The maximum atomic E-state index is 13.3. The van der Waals surface area contributed by atoms with E-state index in [9.17, 15) is 9.59 Å². The summed E-state index contributed by atoms with van der Waals surface area (Å²) in [5.41, 5.74) is 3.75. The highest BCUT2D eigenvalue weighted by Crippen LogP contribution is 2.30. The monoisotopic (exact) mass is 398 g/mol. The molecule has 30 heavy (non-hydrogen) atoms. The maximum absolute atomic E-state index is 13.3. The van der Waals surface area contributed by atoms with Crippen LogP contribution in [0.15, 0.2) is 85.1 Å². The number of hydrogen-bond acceptors (Lipinski definition) is 3. The van der Waals surface area contributed by atoms with Crippen LogP contribution in [0.25, 0.3) is 16.6 Å². The second-order valence-electron chi connectivity index (χ2n) is 7.11. The van der Waals surface area contributed by atoms with Gasteiger partial charge < -0.3 is 14.0 Å². The average Bonchev–Trinajstić information content (AvgIpc) is 3.18. The number of hydrogen-bond donors (Lipinski definition) is 0. The van der Waals surface area contributed by atoms with Crippen molar-refractivity contribution < 1.29 is 14.3 Å². The lowest BCUT2D eigenvalue weighted by molar-refractivity contribution is -0.125. The molecule has 0 aliphatic rings. The molecule has 1 amide bonds. The minimum atomic E-state index is -0.544. The molecule has 0 bridgehead atoms. The summed E-state index contributed by atoms with van der Waals surface area (Å²) in [4.78, 5) is 27.8. The summed E-state index contributed by atoms with van der Waals surface area (Å²) in [5.74, 6) is -0.350. The number of pyridine rings is 1. The molecule has 0 radical (unpaired) electrons. The molecule has 0 fully saturated rings. The lowest BCUT2D eigenvalue weighted by atomic mass is 10.0. The number of aromatic nitrogens is 1. The van der Waals surface area contributed by atoms with E-state index in [1.54, 1.807) is 24.8 Å². The van der Waals surface area contributed by atoms with Crippen LogP contribution in [-0.4, -0.2) is 35.1 Å². The molecule has 2 heterocycles. The van der Waals surface area contributed by atoms with Crippen LogP contribution in [-0.2, 0) is 11.3 Å². The van der Waals surface area contributed by atoms with Crippen LogP contribution in [0.5, 0.6) is 5.75 Å². The fourth-order valence-electron chi connectivity index (χ4n) is 3.55. The molecule has 0 unspecified atom stereocenters. The largest absolute Gasteiger partial charge is 0.497 e. The molecule has 0 aliphatic carbocycles. The van der Waals surface area contributed by atoms with E-state index in [0.29, 0.717) is 12.2 Å². The fraction of sp³-hybridized carbons (Fsp3) is 0.120. The number of carbonyl (C=O) groups is 2. The van der Waals surface area contributed by atoms with Crippen molar-refractivity contribution in [2.75, 3.05) is 14.2 Å². The highest BCUT2D eigenvalue weighted by atomic mass is 16.5. The first-order valence-corrected chi connectivity index (χ1v) is 9.66. The fourth-order valence-corrected chi connectivity index (χ4v) is 3.55. The lowest BCUT2D eigenvalue weighted by Gasteiger charge is -2.17. The van der Waals surface area contributed by atoms with Crippen molar-refractivity contribution in [1.82, 2.24) is 9.30 Å². The minimum absolute atomic E-state index is 0.362. The van der Waals surface area contributed by atoms with Crippen molar-refractivity contribution in [1.29, 1.82) is 0 Å². The van der Waals surface area contributed by atoms with E-state index in [0.717, 1.165) is 28.0 Å². The van der Waals surface area contributed by atoms with Gasteiger partial charge in [-0.05, 0) is 41.5 Å². The number of Topliss-reactive ketones (excluding diaryl/α,β-unsaturated/α-hetero) is 1. The van der Waals surface area contributed by atoms with Crippen LogP contribution in [0.2, 0.25) is 0 Å². The Morgan fingerprint density at radius 2 is 1.63 bits per heavy atom. The lowest BCUT2D eigenvalue weighted by Crippen LogP contribution is -2.33. The molecule has 4 rings (SSSR count). The molecule has 0 saturated heterocycles. The first kappa shape index (κ1) is 19.5. The van der Waals surface area contributed by atoms with Gasteiger partial charge in [0.15, 0.2) is 0 Å². The Labute approximate surface area is 175 Å². The van der Waals surface area contributed by atoms with E-state index in [1.165, 1.54) is 4.90 Å². The summed E-state index contributed by atoms with van der Waals surface area (Å²) < 4.78 is 7.01. The van der Waals surface area contributed by atoms with Gasteiger partial charge in [0.05, 0.1) is 7.11 Å². The predicted molar refractivity (Wildman–Crippen MR) is 117 cm³/mol. The van der Waals surface area contributed by atoms with Gasteiger partial charge in [0.1, 0.15) is 11.4 Å². The summed E-state index contributed by atoms with van der Waals surface area (Å²) in [6.07, 6.45) is 1.81. The van der Waals surface area contributed by atoms with Crippen molar-refractivity contribution in [2.45, 2.75) is 6.54 Å². The van der Waals surface area contributed by atoms with Gasteiger partial charge in [-0.3, -0.25) is 9.59 Å². The molecule has 0 aliphatic heterocycles. The number of benzene rings is 2. The normalized spacial score (nSPS) is 10.7. The molecule has 0 saturated carbocycles. The first-order chi connectivity index (χ1) is 14.6. The predicted octanol–water partition coefficient (Wildman–Crippen LogP) is 4.46. The van der Waals surface area contributed by atoms with Gasteiger partial charge >= 0.3 is 0 Å². The second kappa shape index (κ2) is 8.25. The summed E-state index contributed by atoms with van der Waals surface area (Å²) in [6.45, 7) is 0.368. The number of fused-ring (bicyclic) bond motifs is 1. The van der Waals surface area contributed by atoms with Crippen molar-refractivity contribution >= 4 is 17.2 Å². The Balaban J connectivity index is 1.73. The van der Waals surface area contributed by atoms with Crippen LogP contribution in [0.3, 0.4) is 0 Å². The molecular formula is C25H22N2O3. The highest BCUT2D eigenvalue weighted by molar-refractivity contribution is 6.43. The highest BCUT2D eigenvalue weighted by Gasteiger charge is 2.27. The summed E-state index contributed by atoms with van der Waals surface area (Å²) >= 11 is 0. The first-order valence-electron chi connectivity index (χ1n) is 9.66. The van der Waals surface area contributed by atoms with E-state index in [4.69, 9.17) is 4.74 Å². The number of ether oxygens (including phenoxy) is 1. The molecule has 150 valence electrons. The number of carbonyl (C=O) groups excluding carboxylic acids is 2. The molecule has 4 aromatic rings. The number of methoxy groups -OCH3 is 1. The van der Waals surface area contributed by atoms with Gasteiger partial charge in [-0.15, -0.1) is 0 Å². The summed E-state index contributed by atoms with van der Waals surface area (Å²) in [7, 11) is 3.26. The summed E-state index contributed by atoms with van der Waals surface area (Å²) in [6, 6.07) is 24.7. The molecule has 2 aromatic carbocycles. The van der Waals surface area contributed by atoms with Crippen LogP contribution in [0, 0.1) is 0 Å². The van der Waals surface area contributed by atoms with E-state index in [1.807, 2.05) is 78.9 Å². The average molecular weight is 398 g/mol. The molecular weight excluding hydrogens is 376 g/mol. The molecule has 2 aromatic heterocycles. The molecule has 0 spiro atoms. The number of ketones is 1. The SMILES string of the molecule is COc1ccc(-c2cc3ccccn3c2C(=O)C(=O)N(C)Cc2ccccc2)cc1. The quantitative estimate of drug-likeness (QED) is 0.356. The third kappa shape index (κ3) is 3.70. The minimum Gasteiger partial charge on any atom is -0.497 e. The number of likely N-dealkylation sites (N-methyl/N-ethyl adjacent to an activating group) is 1. The molecule has 5 heteroatoms.